The standard InChI is InChI=1S/C9H9N3O2/c1-12-7-5-3-4-6(9(13)14-2)8(7)10-11-12/h3-5H,1-2H3. The van der Waals surface area contributed by atoms with Crippen molar-refractivity contribution in [3.05, 3.63) is 23.8 Å². The number of aromatic nitrogens is 3. The highest BCUT2D eigenvalue weighted by Gasteiger charge is 2.13. The van der Waals surface area contributed by atoms with Gasteiger partial charge in [-0.25, -0.2) is 9.48 Å². The lowest BCUT2D eigenvalue weighted by Crippen LogP contribution is -2.01. The predicted octanol–water partition coefficient (Wildman–Crippen LogP) is 0.755. The summed E-state index contributed by atoms with van der Waals surface area (Å²) in [6.45, 7) is 0. The van der Waals surface area contributed by atoms with Crippen LogP contribution in [0, 0.1) is 0 Å². The molecule has 0 atom stereocenters. The summed E-state index contributed by atoms with van der Waals surface area (Å²) in [5.41, 5.74) is 1.83. The highest BCUT2D eigenvalue weighted by Crippen LogP contribution is 2.15. The molecule has 1 aromatic carbocycles. The Morgan fingerprint density at radius 3 is 3.00 bits per heavy atom. The average molecular weight is 191 g/mol. The number of methoxy groups -OCH3 is 1. The van der Waals surface area contributed by atoms with E-state index in [1.165, 1.54) is 7.11 Å². The van der Waals surface area contributed by atoms with Crippen LogP contribution in [0.3, 0.4) is 0 Å². The van der Waals surface area contributed by atoms with Crippen LogP contribution < -0.4 is 0 Å². The van der Waals surface area contributed by atoms with Gasteiger partial charge in [0.1, 0.15) is 5.52 Å². The van der Waals surface area contributed by atoms with Crippen LogP contribution in [0.4, 0.5) is 0 Å². The SMILES string of the molecule is COC(=O)c1cccc2c1nnn2C. The number of hydrogen-bond acceptors (Lipinski definition) is 4. The number of rotatable bonds is 1. The van der Waals surface area contributed by atoms with Crippen LogP contribution in [0.2, 0.25) is 0 Å². The average Bonchev–Trinajstić information content (AvgIpc) is 2.59. The van der Waals surface area contributed by atoms with Gasteiger partial charge < -0.3 is 4.74 Å². The molecule has 0 saturated heterocycles. The first-order valence-electron chi connectivity index (χ1n) is 4.10. The second kappa shape index (κ2) is 3.10. The van der Waals surface area contributed by atoms with E-state index in [0.29, 0.717) is 11.1 Å². The van der Waals surface area contributed by atoms with Crippen LogP contribution >= 0.6 is 0 Å². The molecule has 2 rings (SSSR count). The second-order valence-corrected chi connectivity index (χ2v) is 2.88. The Labute approximate surface area is 80.3 Å². The minimum Gasteiger partial charge on any atom is -0.465 e. The van der Waals surface area contributed by atoms with E-state index < -0.39 is 5.97 Å². The van der Waals surface area contributed by atoms with Gasteiger partial charge in [-0.15, -0.1) is 5.10 Å². The fraction of sp³-hybridized carbons (Fsp3) is 0.222. The first-order chi connectivity index (χ1) is 6.74. The zero-order chi connectivity index (χ0) is 10.1. The van der Waals surface area contributed by atoms with E-state index in [-0.39, 0.29) is 0 Å². The van der Waals surface area contributed by atoms with Gasteiger partial charge in [-0.05, 0) is 12.1 Å². The van der Waals surface area contributed by atoms with Crippen LogP contribution in [0.5, 0.6) is 0 Å². The third-order valence-electron chi connectivity index (χ3n) is 2.05. The summed E-state index contributed by atoms with van der Waals surface area (Å²) in [5, 5.41) is 7.73. The van der Waals surface area contributed by atoms with Gasteiger partial charge in [0.05, 0.1) is 18.2 Å². The van der Waals surface area contributed by atoms with Crippen molar-refractivity contribution in [2.24, 2.45) is 7.05 Å². The molecule has 0 amide bonds. The van der Waals surface area contributed by atoms with E-state index in [2.05, 4.69) is 15.0 Å². The first-order valence-corrected chi connectivity index (χ1v) is 4.10. The summed E-state index contributed by atoms with van der Waals surface area (Å²) < 4.78 is 6.25. The number of benzene rings is 1. The number of aryl methyl sites for hydroxylation is 1. The van der Waals surface area contributed by atoms with Crippen molar-refractivity contribution in [3.8, 4) is 0 Å². The molecule has 72 valence electrons. The first kappa shape index (κ1) is 8.68. The Bertz CT molecular complexity index is 490. The van der Waals surface area contributed by atoms with Gasteiger partial charge in [0.2, 0.25) is 0 Å². The maximum absolute atomic E-state index is 11.3. The molecule has 1 heterocycles. The van der Waals surface area contributed by atoms with Gasteiger partial charge in [-0.3, -0.25) is 0 Å². The molecule has 0 fully saturated rings. The van der Waals surface area contributed by atoms with Crippen molar-refractivity contribution in [2.75, 3.05) is 7.11 Å². The summed E-state index contributed by atoms with van der Waals surface area (Å²) in [6, 6.07) is 5.29. The van der Waals surface area contributed by atoms with Crippen LogP contribution in [0.1, 0.15) is 10.4 Å². The summed E-state index contributed by atoms with van der Waals surface area (Å²) in [5.74, 6) is -0.392. The zero-order valence-electron chi connectivity index (χ0n) is 7.89. The molecule has 0 aliphatic heterocycles. The van der Waals surface area contributed by atoms with E-state index in [4.69, 9.17) is 0 Å². The molecule has 0 aliphatic carbocycles. The third kappa shape index (κ3) is 1.14. The second-order valence-electron chi connectivity index (χ2n) is 2.88. The topological polar surface area (TPSA) is 57.0 Å². The van der Waals surface area contributed by atoms with Crippen LogP contribution in [0.25, 0.3) is 11.0 Å². The number of nitrogens with zero attached hydrogens (tertiary/aromatic N) is 3. The fourth-order valence-corrected chi connectivity index (χ4v) is 1.33. The van der Waals surface area contributed by atoms with E-state index in [9.17, 15) is 4.79 Å². The van der Waals surface area contributed by atoms with Crippen molar-refractivity contribution < 1.29 is 9.53 Å². The lowest BCUT2D eigenvalue weighted by atomic mass is 10.2. The Hall–Kier alpha value is -1.91. The van der Waals surface area contributed by atoms with E-state index in [0.717, 1.165) is 5.52 Å². The van der Waals surface area contributed by atoms with Gasteiger partial charge in [-0.2, -0.15) is 0 Å². The number of esters is 1. The number of fused-ring (bicyclic) bond motifs is 1. The summed E-state index contributed by atoms with van der Waals surface area (Å²) in [6.07, 6.45) is 0. The molecule has 1 aromatic heterocycles. The normalized spacial score (nSPS) is 10.4. The minimum atomic E-state index is -0.392. The smallest absolute Gasteiger partial charge is 0.340 e. The quantitative estimate of drug-likeness (QED) is 0.624. The number of hydrogen-bond donors (Lipinski definition) is 0. The Morgan fingerprint density at radius 1 is 1.50 bits per heavy atom. The Balaban J connectivity index is 2.71. The molecule has 5 heteroatoms. The van der Waals surface area contributed by atoms with Crippen LogP contribution in [0.15, 0.2) is 18.2 Å². The molecule has 0 unspecified atom stereocenters. The number of carbonyl (C=O) groups excluding carboxylic acids is 1. The largest absolute Gasteiger partial charge is 0.465 e. The number of carbonyl (C=O) groups is 1. The van der Waals surface area contributed by atoms with Gasteiger partial charge in [0.15, 0.2) is 0 Å². The molecule has 14 heavy (non-hydrogen) atoms. The summed E-state index contributed by atoms with van der Waals surface area (Å²) in [7, 11) is 3.12. The summed E-state index contributed by atoms with van der Waals surface area (Å²) >= 11 is 0. The highest BCUT2D eigenvalue weighted by atomic mass is 16.5. The summed E-state index contributed by atoms with van der Waals surface area (Å²) in [4.78, 5) is 11.3. The molecule has 0 spiro atoms. The van der Waals surface area contributed by atoms with Crippen molar-refractivity contribution in [1.29, 1.82) is 0 Å². The Morgan fingerprint density at radius 2 is 2.29 bits per heavy atom. The van der Waals surface area contributed by atoms with Crippen molar-refractivity contribution in [1.82, 2.24) is 15.0 Å². The predicted molar refractivity (Wildman–Crippen MR) is 49.8 cm³/mol. The fourth-order valence-electron chi connectivity index (χ4n) is 1.33. The van der Waals surface area contributed by atoms with E-state index in [1.807, 2.05) is 6.07 Å². The van der Waals surface area contributed by atoms with Crippen molar-refractivity contribution >= 4 is 17.0 Å². The maximum Gasteiger partial charge on any atom is 0.340 e. The molecular formula is C9H9N3O2. The molecule has 0 bridgehead atoms. The molecule has 0 saturated carbocycles. The maximum atomic E-state index is 11.3. The van der Waals surface area contributed by atoms with Gasteiger partial charge in [-0.1, -0.05) is 11.3 Å². The Kier molecular flexibility index (Phi) is 1.92. The van der Waals surface area contributed by atoms with Crippen molar-refractivity contribution in [2.45, 2.75) is 0 Å². The molecule has 5 nitrogen and oxygen atoms in total. The van der Waals surface area contributed by atoms with Crippen LogP contribution in [-0.4, -0.2) is 28.1 Å². The third-order valence-corrected chi connectivity index (χ3v) is 2.05. The van der Waals surface area contributed by atoms with Crippen molar-refractivity contribution in [3.63, 3.8) is 0 Å². The zero-order valence-corrected chi connectivity index (χ0v) is 7.89. The van der Waals surface area contributed by atoms with Gasteiger partial charge in [0, 0.05) is 7.05 Å². The monoisotopic (exact) mass is 191 g/mol. The lowest BCUT2D eigenvalue weighted by molar-refractivity contribution is 0.0603. The van der Waals surface area contributed by atoms with E-state index >= 15 is 0 Å². The molecule has 0 N–H and O–H groups in total. The van der Waals surface area contributed by atoms with Gasteiger partial charge in [0.25, 0.3) is 0 Å². The highest BCUT2D eigenvalue weighted by molar-refractivity contribution is 6.01. The minimum absolute atomic E-state index is 0.392. The molecule has 2 aromatic rings. The molecular weight excluding hydrogens is 182 g/mol. The molecule has 0 aliphatic rings. The van der Waals surface area contributed by atoms with E-state index in [1.54, 1.807) is 23.9 Å². The van der Waals surface area contributed by atoms with Crippen LogP contribution in [-0.2, 0) is 11.8 Å². The van der Waals surface area contributed by atoms with Gasteiger partial charge >= 0.3 is 5.97 Å². The lowest BCUT2D eigenvalue weighted by Gasteiger charge is -1.98. The molecule has 0 radical (unpaired) electrons. The number of ether oxygens (including phenoxy) is 1.